The van der Waals surface area contributed by atoms with Crippen molar-refractivity contribution in [1.82, 2.24) is 19.7 Å². The van der Waals surface area contributed by atoms with Gasteiger partial charge in [-0.15, -0.1) is 11.3 Å². The number of hydrogen-bond donors (Lipinski definition) is 1. The molecule has 0 atom stereocenters. The number of nitrogens with one attached hydrogen (secondary N) is 1. The van der Waals surface area contributed by atoms with E-state index in [1.165, 1.54) is 12.8 Å². The fraction of sp³-hybridized carbons (Fsp3) is 0.375. The summed E-state index contributed by atoms with van der Waals surface area (Å²) in [7, 11) is 0. The van der Waals surface area contributed by atoms with Crippen LogP contribution in [0.15, 0.2) is 11.7 Å². The summed E-state index contributed by atoms with van der Waals surface area (Å²) in [6.45, 7) is 0. The summed E-state index contributed by atoms with van der Waals surface area (Å²) in [4.78, 5) is 5.12. The lowest BCUT2D eigenvalue weighted by molar-refractivity contribution is 0.736. The van der Waals surface area contributed by atoms with Crippen molar-refractivity contribution < 1.29 is 0 Å². The monoisotopic (exact) mass is 224 g/mol. The molecule has 2 aromatic heterocycles. The molecule has 0 bridgehead atoms. The summed E-state index contributed by atoms with van der Waals surface area (Å²) in [5.74, 6) is 0.931. The molecule has 14 heavy (non-hydrogen) atoms. The maximum atomic E-state index is 5.19. The van der Waals surface area contributed by atoms with Crippen LogP contribution < -0.4 is 0 Å². The standard InChI is InChI=1S/C8H8N4S2/c13-8-11-10-7(6-3-9-4-14-6)12(8)5-1-2-5/h3-5H,1-2H2,(H,11,13). The maximum absolute atomic E-state index is 5.19. The highest BCUT2D eigenvalue weighted by molar-refractivity contribution is 7.71. The molecular weight excluding hydrogens is 216 g/mol. The third-order valence-electron chi connectivity index (χ3n) is 2.27. The number of rotatable bonds is 2. The van der Waals surface area contributed by atoms with Gasteiger partial charge in [0.1, 0.15) is 0 Å². The van der Waals surface area contributed by atoms with E-state index in [2.05, 4.69) is 19.7 Å². The molecule has 0 radical (unpaired) electrons. The Morgan fingerprint density at radius 1 is 1.57 bits per heavy atom. The molecule has 0 aromatic carbocycles. The Hall–Kier alpha value is -1.01. The minimum absolute atomic E-state index is 0.554. The van der Waals surface area contributed by atoms with E-state index in [-0.39, 0.29) is 0 Å². The average molecular weight is 224 g/mol. The highest BCUT2D eigenvalue weighted by Gasteiger charge is 2.27. The van der Waals surface area contributed by atoms with Crippen molar-refractivity contribution in [1.29, 1.82) is 0 Å². The fourth-order valence-corrected chi connectivity index (χ4v) is 2.36. The van der Waals surface area contributed by atoms with Crippen LogP contribution in [0.2, 0.25) is 0 Å². The molecule has 6 heteroatoms. The van der Waals surface area contributed by atoms with Crippen LogP contribution in [0.4, 0.5) is 0 Å². The van der Waals surface area contributed by atoms with E-state index >= 15 is 0 Å². The Bertz CT molecular complexity index is 492. The maximum Gasteiger partial charge on any atom is 0.195 e. The van der Waals surface area contributed by atoms with E-state index in [0.717, 1.165) is 15.5 Å². The molecule has 1 saturated carbocycles. The summed E-state index contributed by atoms with van der Waals surface area (Å²) < 4.78 is 2.82. The lowest BCUT2D eigenvalue weighted by atomic mass is 10.5. The van der Waals surface area contributed by atoms with Gasteiger partial charge in [-0.25, -0.2) is 0 Å². The molecule has 1 aliphatic carbocycles. The molecular formula is C8H8N4S2. The van der Waals surface area contributed by atoms with Crippen molar-refractivity contribution in [2.24, 2.45) is 0 Å². The first-order chi connectivity index (χ1) is 6.86. The molecule has 2 aromatic rings. The van der Waals surface area contributed by atoms with Gasteiger partial charge >= 0.3 is 0 Å². The summed E-state index contributed by atoms with van der Waals surface area (Å²) in [6.07, 6.45) is 4.24. The Morgan fingerprint density at radius 2 is 2.43 bits per heavy atom. The zero-order valence-corrected chi connectivity index (χ0v) is 8.94. The highest BCUT2D eigenvalue weighted by atomic mass is 32.1. The van der Waals surface area contributed by atoms with Crippen LogP contribution in [0.1, 0.15) is 18.9 Å². The quantitative estimate of drug-likeness (QED) is 0.797. The van der Waals surface area contributed by atoms with Crippen molar-refractivity contribution >= 4 is 23.6 Å². The predicted octanol–water partition coefficient (Wildman–Crippen LogP) is 2.40. The van der Waals surface area contributed by atoms with Crippen LogP contribution in [0.25, 0.3) is 10.7 Å². The summed E-state index contributed by atoms with van der Waals surface area (Å²) in [5, 5.41) is 7.08. The third-order valence-corrected chi connectivity index (χ3v) is 3.33. The molecule has 3 rings (SSSR count). The normalized spacial score (nSPS) is 16.0. The SMILES string of the molecule is S=c1[nH]nc(-c2cncs2)n1C1CC1. The minimum Gasteiger partial charge on any atom is -0.296 e. The van der Waals surface area contributed by atoms with Gasteiger partial charge < -0.3 is 0 Å². The molecule has 72 valence electrons. The Kier molecular flexibility index (Phi) is 1.78. The largest absolute Gasteiger partial charge is 0.296 e. The van der Waals surface area contributed by atoms with E-state index in [0.29, 0.717) is 6.04 Å². The molecule has 0 amide bonds. The zero-order chi connectivity index (χ0) is 9.54. The molecule has 1 aliphatic rings. The van der Waals surface area contributed by atoms with Gasteiger partial charge in [-0.1, -0.05) is 0 Å². The zero-order valence-electron chi connectivity index (χ0n) is 7.30. The lowest BCUT2D eigenvalue weighted by Crippen LogP contribution is -1.95. The highest BCUT2D eigenvalue weighted by Crippen LogP contribution is 2.38. The van der Waals surface area contributed by atoms with Crippen molar-refractivity contribution in [3.05, 3.63) is 16.5 Å². The predicted molar refractivity (Wildman–Crippen MR) is 56.8 cm³/mol. The molecule has 1 N–H and O–H groups in total. The van der Waals surface area contributed by atoms with E-state index in [4.69, 9.17) is 12.2 Å². The smallest absolute Gasteiger partial charge is 0.195 e. The summed E-state index contributed by atoms with van der Waals surface area (Å²) in [5.41, 5.74) is 1.81. The topological polar surface area (TPSA) is 46.5 Å². The summed E-state index contributed by atoms with van der Waals surface area (Å²) in [6, 6.07) is 0.554. The van der Waals surface area contributed by atoms with Crippen LogP contribution in [-0.4, -0.2) is 19.7 Å². The molecule has 2 heterocycles. The molecule has 0 spiro atoms. The first-order valence-corrected chi connectivity index (χ1v) is 5.71. The van der Waals surface area contributed by atoms with Gasteiger partial charge in [-0.2, -0.15) is 5.10 Å². The second-order valence-corrected chi connectivity index (χ2v) is 4.59. The van der Waals surface area contributed by atoms with Gasteiger partial charge in [0.05, 0.1) is 10.4 Å². The molecule has 0 aliphatic heterocycles. The fourth-order valence-electron chi connectivity index (χ4n) is 1.48. The van der Waals surface area contributed by atoms with Gasteiger partial charge in [0.2, 0.25) is 0 Å². The molecule has 4 nitrogen and oxygen atoms in total. The summed E-state index contributed by atoms with van der Waals surface area (Å²) >= 11 is 6.78. The van der Waals surface area contributed by atoms with Gasteiger partial charge in [0.15, 0.2) is 10.6 Å². The van der Waals surface area contributed by atoms with Gasteiger partial charge in [-0.05, 0) is 25.1 Å². The minimum atomic E-state index is 0.554. The van der Waals surface area contributed by atoms with Crippen LogP contribution in [0.3, 0.4) is 0 Å². The van der Waals surface area contributed by atoms with Crippen molar-refractivity contribution in [3.8, 4) is 10.7 Å². The van der Waals surface area contributed by atoms with Crippen LogP contribution in [0, 0.1) is 4.77 Å². The number of nitrogens with zero attached hydrogens (tertiary/aromatic N) is 3. The van der Waals surface area contributed by atoms with Crippen molar-refractivity contribution in [2.75, 3.05) is 0 Å². The first-order valence-electron chi connectivity index (χ1n) is 4.42. The van der Waals surface area contributed by atoms with Gasteiger partial charge in [-0.3, -0.25) is 14.6 Å². The lowest BCUT2D eigenvalue weighted by Gasteiger charge is -2.00. The van der Waals surface area contributed by atoms with Crippen molar-refractivity contribution in [2.45, 2.75) is 18.9 Å². The Labute approximate surface area is 89.6 Å². The molecule has 1 fully saturated rings. The average Bonchev–Trinajstić information content (AvgIpc) is 2.75. The Balaban J connectivity index is 2.18. The number of hydrogen-bond acceptors (Lipinski definition) is 4. The van der Waals surface area contributed by atoms with Gasteiger partial charge in [0.25, 0.3) is 0 Å². The number of aromatic amines is 1. The van der Waals surface area contributed by atoms with Gasteiger partial charge in [0, 0.05) is 12.2 Å². The Morgan fingerprint density at radius 3 is 3.07 bits per heavy atom. The van der Waals surface area contributed by atoms with Crippen molar-refractivity contribution in [3.63, 3.8) is 0 Å². The van der Waals surface area contributed by atoms with E-state index in [1.807, 2.05) is 11.7 Å². The van der Waals surface area contributed by atoms with Crippen LogP contribution >= 0.6 is 23.6 Å². The first kappa shape index (κ1) is 8.31. The van der Waals surface area contributed by atoms with E-state index in [9.17, 15) is 0 Å². The number of aromatic nitrogens is 4. The third kappa shape index (κ3) is 1.22. The van der Waals surface area contributed by atoms with Crippen LogP contribution in [0.5, 0.6) is 0 Å². The second-order valence-electron chi connectivity index (χ2n) is 3.32. The van der Waals surface area contributed by atoms with E-state index < -0.39 is 0 Å². The number of H-pyrrole nitrogens is 1. The number of thiazole rings is 1. The molecule has 0 saturated heterocycles. The van der Waals surface area contributed by atoms with E-state index in [1.54, 1.807) is 11.3 Å². The molecule has 0 unspecified atom stereocenters. The second kappa shape index (κ2) is 2.99. The van der Waals surface area contributed by atoms with Crippen LogP contribution in [-0.2, 0) is 0 Å².